The molecule has 0 spiro atoms. The Morgan fingerprint density at radius 1 is 0.868 bits per heavy atom. The molecule has 2 aliphatic heterocycles. The van der Waals surface area contributed by atoms with E-state index in [1.54, 1.807) is 4.90 Å². The highest BCUT2D eigenvalue weighted by Crippen LogP contribution is 2.18. The van der Waals surface area contributed by atoms with Gasteiger partial charge in [0, 0.05) is 49.5 Å². The fourth-order valence-electron chi connectivity index (χ4n) is 4.93. The highest BCUT2D eigenvalue weighted by atomic mass is 16.3. The van der Waals surface area contributed by atoms with Gasteiger partial charge in [-0.15, -0.1) is 0 Å². The average molecular weight is 519 g/mol. The van der Waals surface area contributed by atoms with Crippen LogP contribution in [0.5, 0.6) is 0 Å². The third-order valence-electron chi connectivity index (χ3n) is 7.22. The van der Waals surface area contributed by atoms with Crippen LogP contribution in [0.25, 0.3) is 0 Å². The lowest BCUT2D eigenvalue weighted by atomic mass is 10.1. The van der Waals surface area contributed by atoms with Gasteiger partial charge in [0.05, 0.1) is 6.10 Å². The Bertz CT molecular complexity index is 1120. The van der Waals surface area contributed by atoms with Crippen molar-refractivity contribution < 1.29 is 19.8 Å². The Morgan fingerprint density at radius 3 is 2.00 bits per heavy atom. The van der Waals surface area contributed by atoms with Crippen LogP contribution in [0, 0.1) is 11.8 Å². The molecule has 2 aromatic carbocycles. The van der Waals surface area contributed by atoms with E-state index >= 15 is 0 Å². The predicted molar refractivity (Wildman–Crippen MR) is 148 cm³/mol. The molecule has 0 saturated carbocycles. The number of ketones is 1. The molecule has 0 aliphatic carbocycles. The van der Waals surface area contributed by atoms with Crippen LogP contribution < -0.4 is 10.2 Å². The van der Waals surface area contributed by atoms with E-state index in [0.717, 1.165) is 23.4 Å². The van der Waals surface area contributed by atoms with Gasteiger partial charge in [-0.2, -0.15) is 0 Å². The summed E-state index contributed by atoms with van der Waals surface area (Å²) in [5.41, 5.74) is 4.35. The number of anilines is 1. The molecular formula is C30H38N4O4. The van der Waals surface area contributed by atoms with Crippen LogP contribution >= 0.6 is 0 Å². The molecular weight excluding hydrogens is 480 g/mol. The van der Waals surface area contributed by atoms with Crippen molar-refractivity contribution in [3.05, 3.63) is 65.2 Å². The molecule has 3 N–H and O–H groups in total. The quantitative estimate of drug-likeness (QED) is 0.487. The number of carbonyl (C=O) groups is 2. The van der Waals surface area contributed by atoms with Crippen molar-refractivity contribution in [2.75, 3.05) is 50.8 Å². The molecule has 0 bridgehead atoms. The van der Waals surface area contributed by atoms with Crippen LogP contribution in [0.2, 0.25) is 0 Å². The van der Waals surface area contributed by atoms with Gasteiger partial charge >= 0.3 is 6.03 Å². The smallest absolute Gasteiger partial charge is 0.318 e. The highest BCUT2D eigenvalue weighted by molar-refractivity contribution is 5.89. The van der Waals surface area contributed by atoms with Gasteiger partial charge in [0.25, 0.3) is 0 Å². The first kappa shape index (κ1) is 27.6. The number of piperidine rings is 1. The number of hydrogen-bond donors (Lipinski definition) is 3. The number of carbonyl (C=O) groups excluding carboxylic acids is 2. The van der Waals surface area contributed by atoms with Gasteiger partial charge in [-0.1, -0.05) is 30.4 Å². The van der Waals surface area contributed by atoms with Crippen LogP contribution in [-0.2, 0) is 11.3 Å². The van der Waals surface area contributed by atoms with Gasteiger partial charge in [-0.05, 0) is 74.8 Å². The minimum atomic E-state index is -1.11. The number of Topliss-reactive ketones (excluding diaryl/α,β-unsaturated/α-hetero) is 1. The van der Waals surface area contributed by atoms with E-state index in [4.69, 9.17) is 5.11 Å². The van der Waals surface area contributed by atoms with Crippen molar-refractivity contribution in [2.24, 2.45) is 0 Å². The number of benzene rings is 2. The monoisotopic (exact) mass is 518 g/mol. The fourth-order valence-corrected chi connectivity index (χ4v) is 4.93. The lowest BCUT2D eigenvalue weighted by molar-refractivity contribution is -0.125. The summed E-state index contributed by atoms with van der Waals surface area (Å²) < 4.78 is 0. The first-order valence-electron chi connectivity index (χ1n) is 13.5. The number of urea groups is 1. The topological polar surface area (TPSA) is 96.4 Å². The van der Waals surface area contributed by atoms with E-state index in [1.807, 2.05) is 24.3 Å². The summed E-state index contributed by atoms with van der Waals surface area (Å²) in [6, 6.07) is 15.1. The molecule has 2 amide bonds. The van der Waals surface area contributed by atoms with Crippen LogP contribution in [0.3, 0.4) is 0 Å². The number of nitrogens with one attached hydrogen (secondary N) is 1. The van der Waals surface area contributed by atoms with Crippen LogP contribution in [0.4, 0.5) is 10.5 Å². The minimum absolute atomic E-state index is 0.414. The number of nitrogens with zero attached hydrogens (tertiary/aromatic N) is 3. The molecule has 4 rings (SSSR count). The maximum atomic E-state index is 12.6. The van der Waals surface area contributed by atoms with E-state index in [1.165, 1.54) is 44.8 Å². The summed E-state index contributed by atoms with van der Waals surface area (Å²) in [7, 11) is 0. The Hall–Kier alpha value is -3.38. The minimum Gasteiger partial charge on any atom is -0.391 e. The number of piperazine rings is 1. The van der Waals surface area contributed by atoms with Crippen LogP contribution in [-0.4, -0.2) is 89.8 Å². The molecule has 2 aliphatic rings. The van der Waals surface area contributed by atoms with Crippen LogP contribution in [0.15, 0.2) is 48.5 Å². The Labute approximate surface area is 225 Å². The largest absolute Gasteiger partial charge is 0.391 e. The zero-order valence-electron chi connectivity index (χ0n) is 22.1. The van der Waals surface area contributed by atoms with Crippen LogP contribution in [0.1, 0.15) is 42.9 Å². The molecule has 8 nitrogen and oxygen atoms in total. The van der Waals surface area contributed by atoms with Crippen molar-refractivity contribution in [3.8, 4) is 11.8 Å². The summed E-state index contributed by atoms with van der Waals surface area (Å²) in [6.07, 6.45) is 2.88. The Morgan fingerprint density at radius 2 is 1.45 bits per heavy atom. The molecule has 0 radical (unpaired) electrons. The number of likely N-dealkylation sites (tertiary alicyclic amines) is 1. The first-order valence-corrected chi connectivity index (χ1v) is 13.5. The summed E-state index contributed by atoms with van der Waals surface area (Å²) >= 11 is 0. The fraction of sp³-hybridized carbons (Fsp3) is 0.467. The van der Waals surface area contributed by atoms with E-state index in [9.17, 15) is 14.7 Å². The number of amides is 2. The second-order valence-corrected chi connectivity index (χ2v) is 10.1. The van der Waals surface area contributed by atoms with Gasteiger partial charge in [0.2, 0.25) is 0 Å². The maximum Gasteiger partial charge on any atom is 0.318 e. The lowest BCUT2D eigenvalue weighted by Crippen LogP contribution is -2.57. The molecule has 2 atom stereocenters. The van der Waals surface area contributed by atoms with Gasteiger partial charge in [-0.3, -0.25) is 9.69 Å². The number of aliphatic hydroxyl groups excluding tert-OH is 2. The average Bonchev–Trinajstić information content (AvgIpc) is 2.96. The van der Waals surface area contributed by atoms with E-state index in [0.29, 0.717) is 26.2 Å². The Balaban J connectivity index is 1.26. The standard InChI is InChI=1S/C30H38N4O4/c1-23(36)29(28(37)22-35)31-30(38)34-19-17-33(18-20-34)27-13-11-25(12-14-27)6-5-24-7-9-26(10-8-24)21-32-15-3-2-4-16-32/h7-14,23,29,35-36H,2-4,15-22H2,1H3,(H,31,38)/t23-,29+/m1/s1. The summed E-state index contributed by atoms with van der Waals surface area (Å²) in [5, 5.41) is 21.4. The third kappa shape index (κ3) is 7.57. The number of rotatable bonds is 7. The number of hydrogen-bond acceptors (Lipinski definition) is 6. The second kappa shape index (κ2) is 13.4. The molecule has 0 unspecified atom stereocenters. The molecule has 2 fully saturated rings. The summed E-state index contributed by atoms with van der Waals surface area (Å²) in [5.74, 6) is 5.90. The molecule has 38 heavy (non-hydrogen) atoms. The van der Waals surface area contributed by atoms with Crippen molar-refractivity contribution in [2.45, 2.75) is 44.9 Å². The third-order valence-corrected chi connectivity index (χ3v) is 7.22. The van der Waals surface area contributed by atoms with Gasteiger partial charge < -0.3 is 25.3 Å². The zero-order valence-corrected chi connectivity index (χ0v) is 22.1. The van der Waals surface area contributed by atoms with Gasteiger partial charge in [-0.25, -0.2) is 4.79 Å². The van der Waals surface area contributed by atoms with Crippen molar-refractivity contribution in [3.63, 3.8) is 0 Å². The Kier molecular flexibility index (Phi) is 9.77. The van der Waals surface area contributed by atoms with Gasteiger partial charge in [0.1, 0.15) is 12.6 Å². The normalized spacial score (nSPS) is 17.8. The first-order chi connectivity index (χ1) is 18.4. The predicted octanol–water partition coefficient (Wildman–Crippen LogP) is 2.21. The van der Waals surface area contributed by atoms with Crippen molar-refractivity contribution in [1.82, 2.24) is 15.1 Å². The molecule has 2 saturated heterocycles. The van der Waals surface area contributed by atoms with Gasteiger partial charge in [0.15, 0.2) is 5.78 Å². The second-order valence-electron chi connectivity index (χ2n) is 10.1. The molecule has 202 valence electrons. The molecule has 2 heterocycles. The lowest BCUT2D eigenvalue weighted by Gasteiger charge is -2.36. The maximum absolute atomic E-state index is 12.6. The van der Waals surface area contributed by atoms with E-state index < -0.39 is 30.6 Å². The summed E-state index contributed by atoms with van der Waals surface area (Å²) in [6.45, 7) is 6.36. The van der Waals surface area contributed by atoms with Crippen molar-refractivity contribution >= 4 is 17.5 Å². The zero-order chi connectivity index (χ0) is 26.9. The molecule has 2 aromatic rings. The van der Waals surface area contributed by atoms with E-state index in [-0.39, 0.29) is 0 Å². The summed E-state index contributed by atoms with van der Waals surface area (Å²) in [4.78, 5) is 30.7. The highest BCUT2D eigenvalue weighted by Gasteiger charge is 2.28. The molecule has 0 aromatic heterocycles. The van der Waals surface area contributed by atoms with Crippen molar-refractivity contribution in [1.29, 1.82) is 0 Å². The molecule has 8 heteroatoms. The SMILES string of the molecule is C[C@@H](O)[C@H](NC(=O)N1CCN(c2ccc(C#Cc3ccc(CN4CCCCC4)cc3)cc2)CC1)C(=O)CO. The number of aliphatic hydroxyl groups is 2. The van der Waals surface area contributed by atoms with E-state index in [2.05, 4.69) is 51.2 Å².